The number of benzene rings is 1. The van der Waals surface area contributed by atoms with Gasteiger partial charge in [0, 0.05) is 5.56 Å². The quantitative estimate of drug-likeness (QED) is 0.722. The highest BCUT2D eigenvalue weighted by Crippen LogP contribution is 2.23. The predicted molar refractivity (Wildman–Crippen MR) is 78.7 cm³/mol. The Morgan fingerprint density at radius 1 is 1.28 bits per heavy atom. The van der Waals surface area contributed by atoms with Gasteiger partial charge in [0.2, 0.25) is 0 Å². The summed E-state index contributed by atoms with van der Waals surface area (Å²) in [5.41, 5.74) is -1.46. The van der Waals surface area contributed by atoms with E-state index in [0.29, 0.717) is 9.13 Å². The second-order valence-corrected chi connectivity index (χ2v) is 6.47. The van der Waals surface area contributed by atoms with Crippen molar-refractivity contribution in [2.75, 3.05) is 0 Å². The number of phenols is 1. The standard InChI is InChI=1S/C13H18INO3/c1-12(2,13(3,4)18)15-11(17)8-5-6-9(14)10(16)7-8/h5-7,16,18H,1-4H3,(H,15,17). The molecule has 18 heavy (non-hydrogen) atoms. The highest BCUT2D eigenvalue weighted by Gasteiger charge is 2.36. The average Bonchev–Trinajstić information content (AvgIpc) is 2.19. The molecule has 1 rings (SSSR count). The number of rotatable bonds is 3. The molecule has 1 aromatic rings. The van der Waals surface area contributed by atoms with E-state index in [1.165, 1.54) is 6.07 Å². The van der Waals surface area contributed by atoms with Crippen LogP contribution in [0.2, 0.25) is 0 Å². The van der Waals surface area contributed by atoms with Gasteiger partial charge in [-0.15, -0.1) is 0 Å². The lowest BCUT2D eigenvalue weighted by Crippen LogP contribution is -2.57. The zero-order valence-electron chi connectivity index (χ0n) is 10.9. The summed E-state index contributed by atoms with van der Waals surface area (Å²) < 4.78 is 0.686. The van der Waals surface area contributed by atoms with Gasteiger partial charge in [0.15, 0.2) is 0 Å². The third-order valence-electron chi connectivity index (χ3n) is 3.16. The zero-order chi connectivity index (χ0) is 14.1. The molecule has 0 aliphatic heterocycles. The van der Waals surface area contributed by atoms with Crippen LogP contribution in [-0.2, 0) is 0 Å². The van der Waals surface area contributed by atoms with Crippen LogP contribution in [0.4, 0.5) is 0 Å². The molecule has 0 bridgehead atoms. The molecule has 0 spiro atoms. The largest absolute Gasteiger partial charge is 0.507 e. The zero-order valence-corrected chi connectivity index (χ0v) is 13.1. The normalized spacial score (nSPS) is 12.3. The maximum absolute atomic E-state index is 12.0. The molecular formula is C13H18INO3. The van der Waals surface area contributed by atoms with Crippen LogP contribution in [0.3, 0.4) is 0 Å². The van der Waals surface area contributed by atoms with Crippen molar-refractivity contribution in [3.05, 3.63) is 27.3 Å². The lowest BCUT2D eigenvalue weighted by atomic mass is 9.86. The maximum atomic E-state index is 12.0. The molecule has 1 aromatic carbocycles. The number of aliphatic hydroxyl groups is 1. The van der Waals surface area contributed by atoms with Gasteiger partial charge in [0.25, 0.3) is 5.91 Å². The molecule has 5 heteroatoms. The van der Waals surface area contributed by atoms with Gasteiger partial charge in [-0.3, -0.25) is 4.79 Å². The Kier molecular flexibility index (Phi) is 4.27. The van der Waals surface area contributed by atoms with Crippen molar-refractivity contribution in [1.82, 2.24) is 5.32 Å². The number of carbonyl (C=O) groups excluding carboxylic acids is 1. The van der Waals surface area contributed by atoms with Crippen molar-refractivity contribution >= 4 is 28.5 Å². The molecule has 0 aliphatic carbocycles. The summed E-state index contributed by atoms with van der Waals surface area (Å²) in [5.74, 6) is -0.252. The Morgan fingerprint density at radius 2 is 1.83 bits per heavy atom. The Labute approximate surface area is 121 Å². The van der Waals surface area contributed by atoms with Gasteiger partial charge in [0.05, 0.1) is 14.7 Å². The molecule has 0 unspecified atom stereocenters. The van der Waals surface area contributed by atoms with Crippen LogP contribution < -0.4 is 5.32 Å². The second kappa shape index (κ2) is 5.05. The van der Waals surface area contributed by atoms with Crippen LogP contribution in [-0.4, -0.2) is 27.3 Å². The minimum Gasteiger partial charge on any atom is -0.507 e. The highest BCUT2D eigenvalue weighted by atomic mass is 127. The maximum Gasteiger partial charge on any atom is 0.251 e. The van der Waals surface area contributed by atoms with E-state index in [1.54, 1.807) is 39.8 Å². The first-order chi connectivity index (χ1) is 8.04. The first kappa shape index (κ1) is 15.2. The van der Waals surface area contributed by atoms with Crippen LogP contribution in [0.15, 0.2) is 18.2 Å². The van der Waals surface area contributed by atoms with Gasteiger partial charge in [0.1, 0.15) is 5.75 Å². The van der Waals surface area contributed by atoms with Crippen LogP contribution in [0, 0.1) is 3.57 Å². The van der Waals surface area contributed by atoms with E-state index in [-0.39, 0.29) is 11.7 Å². The van der Waals surface area contributed by atoms with Crippen LogP contribution in [0.5, 0.6) is 5.75 Å². The fourth-order valence-corrected chi connectivity index (χ4v) is 1.50. The van der Waals surface area contributed by atoms with Crippen molar-refractivity contribution in [3.63, 3.8) is 0 Å². The molecule has 3 N–H and O–H groups in total. The SMILES string of the molecule is CC(C)(O)C(C)(C)NC(=O)c1ccc(I)c(O)c1. The van der Waals surface area contributed by atoms with E-state index in [1.807, 2.05) is 22.6 Å². The molecular weight excluding hydrogens is 345 g/mol. The van der Waals surface area contributed by atoms with Gasteiger partial charge < -0.3 is 15.5 Å². The molecule has 0 saturated carbocycles. The lowest BCUT2D eigenvalue weighted by Gasteiger charge is -2.38. The van der Waals surface area contributed by atoms with Crippen molar-refractivity contribution in [3.8, 4) is 5.75 Å². The number of aromatic hydroxyl groups is 1. The highest BCUT2D eigenvalue weighted by molar-refractivity contribution is 14.1. The van der Waals surface area contributed by atoms with Crippen LogP contribution in [0.1, 0.15) is 38.1 Å². The monoisotopic (exact) mass is 363 g/mol. The number of halogens is 1. The fraction of sp³-hybridized carbons (Fsp3) is 0.462. The van der Waals surface area contributed by atoms with E-state index in [4.69, 9.17) is 0 Å². The van der Waals surface area contributed by atoms with Crippen molar-refractivity contribution in [2.45, 2.75) is 38.8 Å². The minimum absolute atomic E-state index is 0.0734. The summed E-state index contributed by atoms with van der Waals surface area (Å²) in [6, 6.07) is 4.72. The second-order valence-electron chi connectivity index (χ2n) is 5.30. The Morgan fingerprint density at radius 3 is 2.28 bits per heavy atom. The molecule has 0 fully saturated rings. The van der Waals surface area contributed by atoms with Gasteiger partial charge in [-0.05, 0) is 68.5 Å². The number of hydrogen-bond donors (Lipinski definition) is 3. The van der Waals surface area contributed by atoms with E-state index in [9.17, 15) is 15.0 Å². The fourth-order valence-electron chi connectivity index (χ4n) is 1.16. The molecule has 0 atom stereocenters. The van der Waals surface area contributed by atoms with Gasteiger partial charge in [-0.25, -0.2) is 0 Å². The number of phenolic OH excluding ortho intramolecular Hbond substituents is 1. The smallest absolute Gasteiger partial charge is 0.251 e. The lowest BCUT2D eigenvalue weighted by molar-refractivity contribution is -0.00293. The molecule has 0 saturated heterocycles. The van der Waals surface area contributed by atoms with Crippen molar-refractivity contribution < 1.29 is 15.0 Å². The average molecular weight is 363 g/mol. The minimum atomic E-state index is -1.05. The molecule has 100 valence electrons. The first-order valence-corrected chi connectivity index (χ1v) is 6.66. The molecule has 4 nitrogen and oxygen atoms in total. The third kappa shape index (κ3) is 3.35. The number of nitrogens with one attached hydrogen (secondary N) is 1. The van der Waals surface area contributed by atoms with E-state index in [0.717, 1.165) is 0 Å². The van der Waals surface area contributed by atoms with Gasteiger partial charge in [-0.1, -0.05) is 0 Å². The summed E-state index contributed by atoms with van der Waals surface area (Å²) in [6.45, 7) is 6.77. The summed E-state index contributed by atoms with van der Waals surface area (Å²) in [7, 11) is 0. The summed E-state index contributed by atoms with van der Waals surface area (Å²) in [6.07, 6.45) is 0. The number of amides is 1. The molecule has 0 aliphatic rings. The van der Waals surface area contributed by atoms with Crippen LogP contribution >= 0.6 is 22.6 Å². The van der Waals surface area contributed by atoms with Gasteiger partial charge >= 0.3 is 0 Å². The molecule has 0 heterocycles. The molecule has 0 aromatic heterocycles. The summed E-state index contributed by atoms with van der Waals surface area (Å²) >= 11 is 1.98. The first-order valence-electron chi connectivity index (χ1n) is 5.58. The Balaban J connectivity index is 2.93. The summed E-state index contributed by atoms with van der Waals surface area (Å²) in [5, 5.41) is 22.3. The van der Waals surface area contributed by atoms with Crippen molar-refractivity contribution in [1.29, 1.82) is 0 Å². The Bertz CT molecular complexity index is 464. The summed E-state index contributed by atoms with van der Waals surface area (Å²) in [4.78, 5) is 12.0. The number of hydrogen-bond acceptors (Lipinski definition) is 3. The Hall–Kier alpha value is -0.820. The van der Waals surface area contributed by atoms with E-state index >= 15 is 0 Å². The molecule has 0 radical (unpaired) electrons. The van der Waals surface area contributed by atoms with Gasteiger partial charge in [-0.2, -0.15) is 0 Å². The number of carbonyl (C=O) groups is 1. The van der Waals surface area contributed by atoms with Crippen LogP contribution in [0.25, 0.3) is 0 Å². The van der Waals surface area contributed by atoms with E-state index in [2.05, 4.69) is 5.32 Å². The van der Waals surface area contributed by atoms with Crippen molar-refractivity contribution in [2.24, 2.45) is 0 Å². The third-order valence-corrected chi connectivity index (χ3v) is 4.08. The predicted octanol–water partition coefficient (Wildman–Crippen LogP) is 2.28. The topological polar surface area (TPSA) is 69.6 Å². The van der Waals surface area contributed by atoms with E-state index < -0.39 is 11.1 Å². The molecule has 1 amide bonds.